The summed E-state index contributed by atoms with van der Waals surface area (Å²) < 4.78 is 6.65. The van der Waals surface area contributed by atoms with Gasteiger partial charge < -0.3 is 10.2 Å². The second-order valence-corrected chi connectivity index (χ2v) is 2.78. The van der Waals surface area contributed by atoms with E-state index in [-0.39, 0.29) is 18.1 Å². The Hall–Kier alpha value is -1.82. The number of carbonyl (C=O) groups excluding carboxylic acids is 1. The number of hydrogen-bond donors (Lipinski definition) is 1. The van der Waals surface area contributed by atoms with Crippen LogP contribution in [0.2, 0.25) is 0 Å². The summed E-state index contributed by atoms with van der Waals surface area (Å²) in [6.07, 6.45) is 2.97. The summed E-state index contributed by atoms with van der Waals surface area (Å²) in [7, 11) is 1.78. The summed E-state index contributed by atoms with van der Waals surface area (Å²) in [4.78, 5) is 14.6. The Bertz CT molecular complexity index is 476. The number of carbonyl (C=O) groups is 1. The number of hydrogen-bond acceptors (Lipinski definition) is 4. The van der Waals surface area contributed by atoms with Gasteiger partial charge in [0.25, 0.3) is 5.91 Å². The van der Waals surface area contributed by atoms with Crippen molar-refractivity contribution < 1.29 is 9.21 Å². The molecule has 6 nitrogen and oxygen atoms in total. The Morgan fingerprint density at radius 2 is 2.33 bits per heavy atom. The van der Waals surface area contributed by atoms with Crippen molar-refractivity contribution in [1.29, 1.82) is 0 Å². The number of oxazole rings is 1. The van der Waals surface area contributed by atoms with Gasteiger partial charge in [-0.05, 0) is 6.07 Å². The smallest absolute Gasteiger partial charge is 0.270 e. The van der Waals surface area contributed by atoms with E-state index in [0.29, 0.717) is 11.6 Å². The van der Waals surface area contributed by atoms with E-state index in [0.717, 1.165) is 0 Å². The fourth-order valence-corrected chi connectivity index (χ4v) is 1.03. The van der Waals surface area contributed by atoms with Gasteiger partial charge in [0.1, 0.15) is 12.0 Å². The molecule has 0 bridgehead atoms. The largest absolute Gasteiger partial charge is 0.442 e. The van der Waals surface area contributed by atoms with Crippen LogP contribution in [0.3, 0.4) is 0 Å². The van der Waals surface area contributed by atoms with E-state index in [2.05, 4.69) is 10.1 Å². The zero-order valence-corrected chi connectivity index (χ0v) is 8.69. The normalized spacial score (nSPS) is 9.67. The van der Waals surface area contributed by atoms with Gasteiger partial charge in [0.15, 0.2) is 5.69 Å². The molecule has 0 fully saturated rings. The first-order chi connectivity index (χ1) is 6.66. The van der Waals surface area contributed by atoms with E-state index in [1.54, 1.807) is 24.0 Å². The molecule has 0 aliphatic carbocycles. The molecule has 2 aromatic rings. The standard InChI is InChI=1S/C8H8N4O2.ClH/c1-12-3-2-5(11-12)8-10-6(4-14-8)7(9)13;/h2-4H,1H3,(H2,9,13);1H. The van der Waals surface area contributed by atoms with Crippen LogP contribution in [0.1, 0.15) is 10.5 Å². The summed E-state index contributed by atoms with van der Waals surface area (Å²) >= 11 is 0. The molecule has 15 heavy (non-hydrogen) atoms. The lowest BCUT2D eigenvalue weighted by molar-refractivity contribution is 0.0995. The Morgan fingerprint density at radius 1 is 1.60 bits per heavy atom. The minimum atomic E-state index is -0.615. The highest BCUT2D eigenvalue weighted by atomic mass is 35.5. The fourth-order valence-electron chi connectivity index (χ4n) is 1.03. The first kappa shape index (κ1) is 11.3. The molecule has 0 aliphatic heterocycles. The Balaban J connectivity index is 0.00000112. The molecule has 7 heteroatoms. The molecule has 0 aliphatic rings. The average Bonchev–Trinajstić information content (AvgIpc) is 2.70. The van der Waals surface area contributed by atoms with Crippen molar-refractivity contribution in [2.45, 2.75) is 0 Å². The summed E-state index contributed by atoms with van der Waals surface area (Å²) in [6, 6.07) is 1.73. The lowest BCUT2D eigenvalue weighted by Crippen LogP contribution is -2.10. The van der Waals surface area contributed by atoms with Crippen LogP contribution in [-0.4, -0.2) is 20.7 Å². The number of rotatable bonds is 2. The molecular weight excluding hydrogens is 220 g/mol. The van der Waals surface area contributed by atoms with Crippen LogP contribution in [0.5, 0.6) is 0 Å². The molecule has 2 aromatic heterocycles. The molecule has 2 N–H and O–H groups in total. The van der Waals surface area contributed by atoms with Crippen LogP contribution < -0.4 is 5.73 Å². The number of aryl methyl sites for hydroxylation is 1. The van der Waals surface area contributed by atoms with E-state index < -0.39 is 5.91 Å². The monoisotopic (exact) mass is 228 g/mol. The quantitative estimate of drug-likeness (QED) is 0.815. The molecule has 0 atom stereocenters. The third-order valence-corrected chi connectivity index (χ3v) is 1.69. The number of amides is 1. The van der Waals surface area contributed by atoms with Crippen LogP contribution >= 0.6 is 12.4 Å². The zero-order chi connectivity index (χ0) is 10.1. The van der Waals surface area contributed by atoms with Crippen LogP contribution in [0, 0.1) is 0 Å². The van der Waals surface area contributed by atoms with Gasteiger partial charge >= 0.3 is 0 Å². The van der Waals surface area contributed by atoms with E-state index in [4.69, 9.17) is 10.2 Å². The maximum Gasteiger partial charge on any atom is 0.270 e. The molecule has 0 saturated heterocycles. The molecule has 0 spiro atoms. The van der Waals surface area contributed by atoms with Gasteiger partial charge in [-0.3, -0.25) is 9.48 Å². The third kappa shape index (κ3) is 2.16. The van der Waals surface area contributed by atoms with Gasteiger partial charge in [-0.1, -0.05) is 0 Å². The Kier molecular flexibility index (Phi) is 3.11. The lowest BCUT2D eigenvalue weighted by atomic mass is 10.4. The van der Waals surface area contributed by atoms with Crippen molar-refractivity contribution >= 4 is 18.3 Å². The van der Waals surface area contributed by atoms with Gasteiger partial charge in [0.2, 0.25) is 5.89 Å². The molecule has 0 radical (unpaired) electrons. The first-order valence-electron chi connectivity index (χ1n) is 3.92. The highest BCUT2D eigenvalue weighted by Crippen LogP contribution is 2.15. The van der Waals surface area contributed by atoms with Gasteiger partial charge in [-0.25, -0.2) is 4.98 Å². The molecule has 80 valence electrons. The predicted molar refractivity (Wildman–Crippen MR) is 54.5 cm³/mol. The molecule has 2 heterocycles. The molecule has 0 unspecified atom stereocenters. The minimum absolute atomic E-state index is 0. The van der Waals surface area contributed by atoms with Crippen molar-refractivity contribution in [3.05, 3.63) is 24.2 Å². The van der Waals surface area contributed by atoms with Gasteiger partial charge in [0, 0.05) is 13.2 Å². The number of nitrogens with two attached hydrogens (primary N) is 1. The second kappa shape index (κ2) is 4.14. The summed E-state index contributed by atoms with van der Waals surface area (Å²) in [5.41, 5.74) is 5.70. The van der Waals surface area contributed by atoms with Crippen LogP contribution in [0.25, 0.3) is 11.6 Å². The van der Waals surface area contributed by atoms with Gasteiger partial charge in [-0.15, -0.1) is 12.4 Å². The Morgan fingerprint density at radius 3 is 2.80 bits per heavy atom. The highest BCUT2D eigenvalue weighted by molar-refractivity contribution is 5.90. The van der Waals surface area contributed by atoms with E-state index in [1.165, 1.54) is 6.26 Å². The SMILES string of the molecule is Cl.Cn1ccc(-c2nc(C(N)=O)co2)n1. The van der Waals surface area contributed by atoms with Crippen LogP contribution in [0.15, 0.2) is 22.9 Å². The molecule has 0 aromatic carbocycles. The molecule has 1 amide bonds. The topological polar surface area (TPSA) is 86.9 Å². The number of aromatic nitrogens is 3. The van der Waals surface area contributed by atoms with Gasteiger partial charge in [0.05, 0.1) is 0 Å². The second-order valence-electron chi connectivity index (χ2n) is 2.78. The van der Waals surface area contributed by atoms with E-state index >= 15 is 0 Å². The lowest BCUT2D eigenvalue weighted by Gasteiger charge is -1.86. The molecule has 2 rings (SSSR count). The average molecular weight is 229 g/mol. The van der Waals surface area contributed by atoms with Crippen molar-refractivity contribution in [3.63, 3.8) is 0 Å². The maximum absolute atomic E-state index is 10.7. The number of halogens is 1. The number of nitrogens with zero attached hydrogens (tertiary/aromatic N) is 3. The Labute approximate surface area is 91.5 Å². The fraction of sp³-hybridized carbons (Fsp3) is 0.125. The predicted octanol–water partition coefficient (Wildman–Crippen LogP) is 0.596. The summed E-state index contributed by atoms with van der Waals surface area (Å²) in [6.45, 7) is 0. The third-order valence-electron chi connectivity index (χ3n) is 1.69. The minimum Gasteiger partial charge on any atom is -0.442 e. The number of primary amides is 1. The van der Waals surface area contributed by atoms with Crippen molar-refractivity contribution in [2.75, 3.05) is 0 Å². The zero-order valence-electron chi connectivity index (χ0n) is 7.88. The van der Waals surface area contributed by atoms with Crippen molar-refractivity contribution in [3.8, 4) is 11.6 Å². The summed E-state index contributed by atoms with van der Waals surface area (Å²) in [5, 5.41) is 4.06. The summed E-state index contributed by atoms with van der Waals surface area (Å²) in [5.74, 6) is -0.324. The first-order valence-corrected chi connectivity index (χ1v) is 3.92. The van der Waals surface area contributed by atoms with Crippen molar-refractivity contribution in [1.82, 2.24) is 14.8 Å². The highest BCUT2D eigenvalue weighted by Gasteiger charge is 2.11. The molecular formula is C8H9ClN4O2. The van der Waals surface area contributed by atoms with E-state index in [9.17, 15) is 4.79 Å². The molecule has 0 saturated carbocycles. The van der Waals surface area contributed by atoms with E-state index in [1.807, 2.05) is 0 Å². The van der Waals surface area contributed by atoms with Crippen molar-refractivity contribution in [2.24, 2.45) is 12.8 Å². The maximum atomic E-state index is 10.7. The van der Waals surface area contributed by atoms with Crippen LogP contribution in [0.4, 0.5) is 0 Å². The van der Waals surface area contributed by atoms with Crippen LogP contribution in [-0.2, 0) is 7.05 Å². The van der Waals surface area contributed by atoms with Gasteiger partial charge in [-0.2, -0.15) is 5.10 Å².